The summed E-state index contributed by atoms with van der Waals surface area (Å²) in [5, 5.41) is 10.7. The predicted molar refractivity (Wildman–Crippen MR) is 148 cm³/mol. The highest BCUT2D eigenvalue weighted by atomic mass is 35.5. The summed E-state index contributed by atoms with van der Waals surface area (Å²) in [5.41, 5.74) is 4.21. The molecule has 1 aliphatic rings. The highest BCUT2D eigenvalue weighted by molar-refractivity contribution is 7.07. The molecule has 37 heavy (non-hydrogen) atoms. The third kappa shape index (κ3) is 4.66. The monoisotopic (exact) mass is 528 g/mol. The SMILES string of the molecule is Cc1cc(/C=c2\s/c(=C(/C#N)C(=O)N3CCCC3)n(-c3ccccc3)c2=O)c(C)n1-c1ccc(Cl)cc1. The van der Waals surface area contributed by atoms with Gasteiger partial charge in [-0.3, -0.25) is 14.2 Å². The Balaban J connectivity index is 1.74. The molecule has 3 heterocycles. The number of hydrogen-bond acceptors (Lipinski definition) is 4. The van der Waals surface area contributed by atoms with Gasteiger partial charge < -0.3 is 9.47 Å². The first kappa shape index (κ1) is 24.8. The van der Waals surface area contributed by atoms with Crippen LogP contribution in [0, 0.1) is 25.2 Å². The molecule has 1 aliphatic heterocycles. The summed E-state index contributed by atoms with van der Waals surface area (Å²) < 4.78 is 4.41. The maximum absolute atomic E-state index is 13.7. The van der Waals surface area contributed by atoms with E-state index in [1.165, 1.54) is 15.9 Å². The van der Waals surface area contributed by atoms with Crippen molar-refractivity contribution >= 4 is 40.5 Å². The fourth-order valence-electron chi connectivity index (χ4n) is 4.79. The maximum Gasteiger partial charge on any atom is 0.273 e. The number of carbonyl (C=O) groups is 1. The molecule has 0 atom stereocenters. The Labute approximate surface area is 223 Å². The number of para-hydroxylation sites is 1. The zero-order valence-corrected chi connectivity index (χ0v) is 22.1. The fraction of sp³-hybridized carbons (Fsp3) is 0.207. The number of nitrogens with zero attached hydrogens (tertiary/aromatic N) is 4. The molecule has 0 saturated carbocycles. The minimum absolute atomic E-state index is 0.000796. The average Bonchev–Trinajstić information content (AvgIpc) is 3.61. The minimum atomic E-state index is -0.321. The molecule has 0 aliphatic carbocycles. The van der Waals surface area contributed by atoms with Crippen molar-refractivity contribution in [1.82, 2.24) is 14.0 Å². The van der Waals surface area contributed by atoms with Crippen LogP contribution in [0.3, 0.4) is 0 Å². The number of halogens is 1. The summed E-state index contributed by atoms with van der Waals surface area (Å²) in [5.74, 6) is -0.321. The molecule has 8 heteroatoms. The lowest BCUT2D eigenvalue weighted by atomic mass is 10.2. The lowest BCUT2D eigenvalue weighted by Crippen LogP contribution is -2.35. The number of nitriles is 1. The largest absolute Gasteiger partial charge is 0.338 e. The van der Waals surface area contributed by atoms with Crippen LogP contribution >= 0.6 is 22.9 Å². The third-order valence-electron chi connectivity index (χ3n) is 6.61. The van der Waals surface area contributed by atoms with Crippen molar-refractivity contribution in [2.45, 2.75) is 26.7 Å². The molecule has 0 radical (unpaired) electrons. The molecule has 0 N–H and O–H groups in total. The van der Waals surface area contributed by atoms with Crippen LogP contribution in [0.2, 0.25) is 5.02 Å². The van der Waals surface area contributed by atoms with Crippen molar-refractivity contribution in [3.05, 3.63) is 102 Å². The molecule has 186 valence electrons. The van der Waals surface area contributed by atoms with E-state index in [9.17, 15) is 14.9 Å². The predicted octanol–water partition coefficient (Wildman–Crippen LogP) is 4.09. The molecule has 1 saturated heterocycles. The zero-order chi connectivity index (χ0) is 26.1. The summed E-state index contributed by atoms with van der Waals surface area (Å²) in [4.78, 5) is 28.7. The number of benzene rings is 2. The van der Waals surface area contributed by atoms with Gasteiger partial charge in [0.25, 0.3) is 11.5 Å². The minimum Gasteiger partial charge on any atom is -0.338 e. The van der Waals surface area contributed by atoms with Crippen LogP contribution in [-0.2, 0) is 4.79 Å². The molecule has 1 amide bonds. The Kier molecular flexibility index (Phi) is 6.88. The van der Waals surface area contributed by atoms with Gasteiger partial charge in [0.2, 0.25) is 0 Å². The van der Waals surface area contributed by atoms with Gasteiger partial charge in [-0.25, -0.2) is 0 Å². The Morgan fingerprint density at radius 2 is 1.65 bits per heavy atom. The number of thiazole rings is 1. The number of likely N-dealkylation sites (tertiary alicyclic amines) is 1. The van der Waals surface area contributed by atoms with Crippen LogP contribution < -0.4 is 14.8 Å². The van der Waals surface area contributed by atoms with E-state index >= 15 is 0 Å². The lowest BCUT2D eigenvalue weighted by Gasteiger charge is -2.14. The topological polar surface area (TPSA) is 71.0 Å². The second kappa shape index (κ2) is 10.3. The van der Waals surface area contributed by atoms with Gasteiger partial charge in [-0.15, -0.1) is 11.3 Å². The van der Waals surface area contributed by atoms with E-state index in [-0.39, 0.29) is 17.0 Å². The van der Waals surface area contributed by atoms with Gasteiger partial charge in [-0.05, 0) is 80.8 Å². The summed E-state index contributed by atoms with van der Waals surface area (Å²) >= 11 is 7.25. The molecular formula is C29H25ClN4O2S. The van der Waals surface area contributed by atoms with Crippen molar-refractivity contribution in [2.75, 3.05) is 13.1 Å². The van der Waals surface area contributed by atoms with E-state index in [0.717, 1.165) is 35.5 Å². The van der Waals surface area contributed by atoms with Crippen LogP contribution in [-0.4, -0.2) is 33.0 Å². The molecule has 1 fully saturated rings. The number of aryl methyl sites for hydroxylation is 1. The second-order valence-corrected chi connectivity index (χ2v) is 10.5. The van der Waals surface area contributed by atoms with Crippen molar-refractivity contribution in [1.29, 1.82) is 5.26 Å². The first-order chi connectivity index (χ1) is 17.9. The molecule has 2 aromatic heterocycles. The van der Waals surface area contributed by atoms with Crippen LogP contribution in [0.1, 0.15) is 29.8 Å². The second-order valence-electron chi connectivity index (χ2n) is 9.02. The summed E-state index contributed by atoms with van der Waals surface area (Å²) in [7, 11) is 0. The van der Waals surface area contributed by atoms with Gasteiger partial charge in [-0.2, -0.15) is 5.26 Å². The lowest BCUT2D eigenvalue weighted by molar-refractivity contribution is -0.123. The average molecular weight is 529 g/mol. The number of amides is 1. The normalized spacial score (nSPS) is 14.6. The number of hydrogen-bond donors (Lipinski definition) is 0. The van der Waals surface area contributed by atoms with Crippen LogP contribution in [0.25, 0.3) is 23.0 Å². The van der Waals surface area contributed by atoms with E-state index in [2.05, 4.69) is 10.6 Å². The summed E-state index contributed by atoms with van der Waals surface area (Å²) in [6.07, 6.45) is 3.69. The van der Waals surface area contributed by atoms with Gasteiger partial charge in [0.05, 0.1) is 10.2 Å². The van der Waals surface area contributed by atoms with E-state index < -0.39 is 0 Å². The van der Waals surface area contributed by atoms with Crippen LogP contribution in [0.5, 0.6) is 0 Å². The van der Waals surface area contributed by atoms with E-state index in [0.29, 0.717) is 33.0 Å². The van der Waals surface area contributed by atoms with E-state index in [1.54, 1.807) is 4.90 Å². The van der Waals surface area contributed by atoms with E-state index in [4.69, 9.17) is 11.6 Å². The van der Waals surface area contributed by atoms with Gasteiger partial charge >= 0.3 is 0 Å². The standard InChI is InChI=1S/C29H25ClN4O2S/c1-19-16-21(20(2)33(19)24-12-10-22(30)11-13-24)17-26-28(36)34(23-8-4-3-5-9-23)29(37-26)25(18-31)27(35)32-14-6-7-15-32/h3-5,8-13,16-17H,6-7,14-15H2,1-2H3/b26-17-,29-25-. The number of carbonyl (C=O) groups excluding carboxylic acids is 1. The molecule has 5 rings (SSSR count). The molecule has 0 spiro atoms. The van der Waals surface area contributed by atoms with Crippen LogP contribution in [0.4, 0.5) is 0 Å². The quantitative estimate of drug-likeness (QED) is 0.400. The third-order valence-corrected chi connectivity index (χ3v) is 7.96. The smallest absolute Gasteiger partial charge is 0.273 e. The summed E-state index contributed by atoms with van der Waals surface area (Å²) in [6, 6.07) is 20.9. The fourth-order valence-corrected chi connectivity index (χ4v) is 6.00. The highest BCUT2D eigenvalue weighted by Crippen LogP contribution is 2.22. The Morgan fingerprint density at radius 3 is 2.30 bits per heavy atom. The zero-order valence-electron chi connectivity index (χ0n) is 20.6. The Hall–Kier alpha value is -3.86. The maximum atomic E-state index is 13.7. The van der Waals surface area contributed by atoms with Gasteiger partial charge in [0.15, 0.2) is 5.57 Å². The summed E-state index contributed by atoms with van der Waals surface area (Å²) in [6.45, 7) is 5.26. The van der Waals surface area contributed by atoms with Crippen LogP contribution in [0.15, 0.2) is 65.5 Å². The van der Waals surface area contributed by atoms with Crippen molar-refractivity contribution in [3.63, 3.8) is 0 Å². The van der Waals surface area contributed by atoms with Crippen molar-refractivity contribution in [3.8, 4) is 17.4 Å². The van der Waals surface area contributed by atoms with Gasteiger partial charge in [0.1, 0.15) is 10.7 Å². The van der Waals surface area contributed by atoms with Crippen molar-refractivity contribution in [2.24, 2.45) is 0 Å². The van der Waals surface area contributed by atoms with Gasteiger partial charge in [-0.1, -0.05) is 29.8 Å². The number of rotatable bonds is 4. The first-order valence-corrected chi connectivity index (χ1v) is 13.3. The molecule has 2 aromatic carbocycles. The van der Waals surface area contributed by atoms with E-state index in [1.807, 2.05) is 80.6 Å². The molecule has 0 unspecified atom stereocenters. The first-order valence-electron chi connectivity index (χ1n) is 12.1. The van der Waals surface area contributed by atoms with Crippen molar-refractivity contribution < 1.29 is 4.79 Å². The van der Waals surface area contributed by atoms with Gasteiger partial charge in [0, 0.05) is 35.2 Å². The Bertz CT molecular complexity index is 1700. The molecule has 4 aromatic rings. The molecule has 6 nitrogen and oxygen atoms in total. The Morgan fingerprint density at radius 1 is 1.00 bits per heavy atom. The molecular weight excluding hydrogens is 504 g/mol. The number of aromatic nitrogens is 2. The molecule has 0 bridgehead atoms. The highest BCUT2D eigenvalue weighted by Gasteiger charge is 2.24.